The number of benzene rings is 2. The highest BCUT2D eigenvalue weighted by Crippen LogP contribution is 2.36. The highest BCUT2D eigenvalue weighted by molar-refractivity contribution is 6.45. The van der Waals surface area contributed by atoms with Crippen LogP contribution in [0.15, 0.2) is 54.3 Å². The van der Waals surface area contributed by atoms with Crippen LogP contribution in [0, 0.1) is 6.92 Å². The molecule has 5 nitrogen and oxygen atoms in total. The molecule has 0 bridgehead atoms. The molecule has 0 unspecified atom stereocenters. The van der Waals surface area contributed by atoms with Gasteiger partial charge in [0, 0.05) is 0 Å². The SMILES string of the molecule is COC1=C(c2ccccc2)C(=O)N(c2cc(C)ccc2N)C1=O. The topological polar surface area (TPSA) is 72.6 Å². The van der Waals surface area contributed by atoms with Crippen LogP contribution in [0.2, 0.25) is 0 Å². The Balaban J connectivity index is 2.14. The highest BCUT2D eigenvalue weighted by Gasteiger charge is 2.41. The number of hydrogen-bond acceptors (Lipinski definition) is 4. The molecular formula is C18H16N2O3. The number of carbonyl (C=O) groups excluding carboxylic acids is 2. The Morgan fingerprint density at radius 3 is 2.35 bits per heavy atom. The van der Waals surface area contributed by atoms with Gasteiger partial charge in [-0.3, -0.25) is 9.59 Å². The van der Waals surface area contributed by atoms with Gasteiger partial charge in [-0.05, 0) is 30.2 Å². The number of aryl methyl sites for hydroxylation is 1. The van der Waals surface area contributed by atoms with Gasteiger partial charge in [-0.1, -0.05) is 36.4 Å². The smallest absolute Gasteiger partial charge is 0.301 e. The number of nitrogens with zero attached hydrogens (tertiary/aromatic N) is 1. The van der Waals surface area contributed by atoms with Crippen molar-refractivity contribution in [3.05, 3.63) is 65.4 Å². The molecule has 23 heavy (non-hydrogen) atoms. The van der Waals surface area contributed by atoms with E-state index in [1.807, 2.05) is 19.1 Å². The standard InChI is InChI=1S/C18H16N2O3/c1-11-8-9-13(19)14(10-11)20-17(21)15(16(23-2)18(20)22)12-6-4-3-5-7-12/h3-10H,19H2,1-2H3. The summed E-state index contributed by atoms with van der Waals surface area (Å²) in [7, 11) is 1.38. The lowest BCUT2D eigenvalue weighted by Gasteiger charge is -2.17. The first-order chi connectivity index (χ1) is 11.0. The molecule has 0 radical (unpaired) electrons. The van der Waals surface area contributed by atoms with E-state index < -0.39 is 11.8 Å². The molecular weight excluding hydrogens is 292 g/mol. The molecule has 0 saturated heterocycles. The molecule has 0 fully saturated rings. The van der Waals surface area contributed by atoms with Gasteiger partial charge >= 0.3 is 5.91 Å². The average molecular weight is 308 g/mol. The van der Waals surface area contributed by atoms with Gasteiger partial charge in [0.2, 0.25) is 0 Å². The van der Waals surface area contributed by atoms with E-state index in [2.05, 4.69) is 0 Å². The van der Waals surface area contributed by atoms with Crippen LogP contribution >= 0.6 is 0 Å². The second-order valence-corrected chi connectivity index (χ2v) is 5.28. The third-order valence-electron chi connectivity index (χ3n) is 3.73. The Morgan fingerprint density at radius 1 is 1.00 bits per heavy atom. The molecule has 3 rings (SSSR count). The Bertz CT molecular complexity index is 825. The van der Waals surface area contributed by atoms with Gasteiger partial charge < -0.3 is 10.5 Å². The van der Waals surface area contributed by atoms with E-state index in [0.717, 1.165) is 10.5 Å². The van der Waals surface area contributed by atoms with Gasteiger partial charge in [0.05, 0.1) is 24.1 Å². The fourth-order valence-corrected chi connectivity index (χ4v) is 2.62. The molecule has 116 valence electrons. The largest absolute Gasteiger partial charge is 0.490 e. The van der Waals surface area contributed by atoms with E-state index >= 15 is 0 Å². The Morgan fingerprint density at radius 2 is 1.70 bits per heavy atom. The van der Waals surface area contributed by atoms with Crippen molar-refractivity contribution in [1.29, 1.82) is 0 Å². The van der Waals surface area contributed by atoms with E-state index in [4.69, 9.17) is 10.5 Å². The second-order valence-electron chi connectivity index (χ2n) is 5.28. The molecule has 0 saturated carbocycles. The maximum Gasteiger partial charge on any atom is 0.301 e. The minimum atomic E-state index is -0.506. The summed E-state index contributed by atoms with van der Waals surface area (Å²) in [6, 6.07) is 14.2. The molecule has 1 aliphatic heterocycles. The van der Waals surface area contributed by atoms with E-state index in [1.54, 1.807) is 36.4 Å². The maximum absolute atomic E-state index is 12.9. The second kappa shape index (κ2) is 5.61. The van der Waals surface area contributed by atoms with Crippen LogP contribution in [-0.2, 0) is 14.3 Å². The zero-order chi connectivity index (χ0) is 16.6. The highest BCUT2D eigenvalue weighted by atomic mass is 16.5. The summed E-state index contributed by atoms with van der Waals surface area (Å²) in [5, 5.41) is 0. The van der Waals surface area contributed by atoms with Gasteiger partial charge in [0.25, 0.3) is 5.91 Å². The fraction of sp³-hybridized carbons (Fsp3) is 0.111. The molecule has 2 amide bonds. The fourth-order valence-electron chi connectivity index (χ4n) is 2.62. The molecule has 0 aromatic heterocycles. The monoisotopic (exact) mass is 308 g/mol. The van der Waals surface area contributed by atoms with Gasteiger partial charge in [-0.2, -0.15) is 0 Å². The lowest BCUT2D eigenvalue weighted by Crippen LogP contribution is -2.32. The van der Waals surface area contributed by atoms with Crippen LogP contribution in [0.1, 0.15) is 11.1 Å². The minimum absolute atomic E-state index is 0.0297. The van der Waals surface area contributed by atoms with Crippen LogP contribution in [0.3, 0.4) is 0 Å². The van der Waals surface area contributed by atoms with Crippen LogP contribution in [-0.4, -0.2) is 18.9 Å². The predicted octanol–water partition coefficient (Wildman–Crippen LogP) is 2.51. The summed E-state index contributed by atoms with van der Waals surface area (Å²) in [6.45, 7) is 1.87. The van der Waals surface area contributed by atoms with Crippen molar-refractivity contribution in [2.75, 3.05) is 17.7 Å². The summed E-state index contributed by atoms with van der Waals surface area (Å²) in [6.07, 6.45) is 0. The first kappa shape index (κ1) is 14.8. The molecule has 0 atom stereocenters. The summed E-state index contributed by atoms with van der Waals surface area (Å²) >= 11 is 0. The van der Waals surface area contributed by atoms with Crippen LogP contribution < -0.4 is 10.6 Å². The number of nitrogens with two attached hydrogens (primary N) is 1. The number of hydrogen-bond donors (Lipinski definition) is 1. The lowest BCUT2D eigenvalue weighted by atomic mass is 10.1. The predicted molar refractivity (Wildman–Crippen MR) is 88.5 cm³/mol. The summed E-state index contributed by atoms with van der Waals surface area (Å²) in [4.78, 5) is 26.6. The number of anilines is 2. The molecule has 0 spiro atoms. The number of methoxy groups -OCH3 is 1. The van der Waals surface area contributed by atoms with E-state index in [-0.39, 0.29) is 11.3 Å². The van der Waals surface area contributed by atoms with E-state index in [0.29, 0.717) is 16.9 Å². The van der Waals surface area contributed by atoms with Crippen molar-refractivity contribution in [3.63, 3.8) is 0 Å². The third kappa shape index (κ3) is 2.36. The van der Waals surface area contributed by atoms with Crippen molar-refractivity contribution in [3.8, 4) is 0 Å². The van der Waals surface area contributed by atoms with Crippen molar-refractivity contribution < 1.29 is 14.3 Å². The van der Waals surface area contributed by atoms with Gasteiger partial charge in [0.15, 0.2) is 5.76 Å². The van der Waals surface area contributed by atoms with E-state index in [1.165, 1.54) is 7.11 Å². The van der Waals surface area contributed by atoms with Gasteiger partial charge in [0.1, 0.15) is 0 Å². The number of carbonyl (C=O) groups is 2. The molecule has 2 aromatic rings. The van der Waals surface area contributed by atoms with Crippen LogP contribution in [0.25, 0.3) is 5.57 Å². The first-order valence-corrected chi connectivity index (χ1v) is 7.13. The van der Waals surface area contributed by atoms with Crippen molar-refractivity contribution >= 4 is 28.8 Å². The summed E-state index contributed by atoms with van der Waals surface area (Å²) < 4.78 is 5.21. The first-order valence-electron chi connectivity index (χ1n) is 7.13. The Kier molecular flexibility index (Phi) is 3.62. The molecule has 2 aromatic carbocycles. The number of rotatable bonds is 3. The zero-order valence-electron chi connectivity index (χ0n) is 12.9. The third-order valence-corrected chi connectivity index (χ3v) is 3.73. The lowest BCUT2D eigenvalue weighted by molar-refractivity contribution is -0.121. The normalized spacial score (nSPS) is 14.6. The van der Waals surface area contributed by atoms with Crippen LogP contribution in [0.4, 0.5) is 11.4 Å². The van der Waals surface area contributed by atoms with Gasteiger partial charge in [-0.15, -0.1) is 0 Å². The average Bonchev–Trinajstić information content (AvgIpc) is 2.81. The van der Waals surface area contributed by atoms with Gasteiger partial charge in [-0.25, -0.2) is 4.90 Å². The van der Waals surface area contributed by atoms with Crippen molar-refractivity contribution in [1.82, 2.24) is 0 Å². The maximum atomic E-state index is 12.9. The summed E-state index contributed by atoms with van der Waals surface area (Å²) in [5.41, 5.74) is 8.49. The molecule has 1 aliphatic rings. The molecule has 0 aliphatic carbocycles. The number of ether oxygens (including phenoxy) is 1. The quantitative estimate of drug-likeness (QED) is 0.698. The molecule has 5 heteroatoms. The molecule has 1 heterocycles. The molecule has 2 N–H and O–H groups in total. The Labute approximate surface area is 134 Å². The van der Waals surface area contributed by atoms with Crippen molar-refractivity contribution in [2.45, 2.75) is 6.92 Å². The number of imide groups is 1. The van der Waals surface area contributed by atoms with E-state index in [9.17, 15) is 9.59 Å². The number of nitrogen functional groups attached to an aromatic ring is 1. The summed E-state index contributed by atoms with van der Waals surface area (Å²) in [5.74, 6) is -0.911. The van der Waals surface area contributed by atoms with Crippen molar-refractivity contribution in [2.24, 2.45) is 0 Å². The van der Waals surface area contributed by atoms with Crippen LogP contribution in [0.5, 0.6) is 0 Å². The minimum Gasteiger partial charge on any atom is -0.490 e. The number of amides is 2. The Hall–Kier alpha value is -3.08. The zero-order valence-corrected chi connectivity index (χ0v) is 12.9.